The smallest absolute Gasteiger partial charge is 0.320 e. The van der Waals surface area contributed by atoms with Gasteiger partial charge in [-0.2, -0.15) is 0 Å². The number of nitrogens with zero attached hydrogens (tertiary/aromatic N) is 1. The van der Waals surface area contributed by atoms with E-state index in [1.807, 2.05) is 0 Å². The molecule has 0 aliphatic rings. The minimum Gasteiger partial charge on any atom is -0.480 e. The van der Waals surface area contributed by atoms with E-state index in [1.165, 1.54) is 6.92 Å². The normalized spacial score (nSPS) is 12.5. The summed E-state index contributed by atoms with van der Waals surface area (Å²) in [6.45, 7) is 1.68. The fourth-order valence-corrected chi connectivity index (χ4v) is 1.75. The summed E-state index contributed by atoms with van der Waals surface area (Å²) in [5.74, 6) is -0.581. The molecule has 0 amide bonds. The Labute approximate surface area is 113 Å². The van der Waals surface area contributed by atoms with Gasteiger partial charge in [0.05, 0.1) is 17.4 Å². The van der Waals surface area contributed by atoms with Crippen molar-refractivity contribution in [3.8, 4) is 0 Å². The number of aromatic amines is 1. The number of hydrogen-bond acceptors (Lipinski definition) is 4. The molecule has 19 heavy (non-hydrogen) atoms. The number of hydrogen-bond donors (Lipinski definition) is 3. The Balaban J connectivity index is 2.29. The predicted octanol–water partition coefficient (Wildman–Crippen LogP) is 1.14. The molecule has 100 valence electrons. The van der Waals surface area contributed by atoms with Crippen LogP contribution < -0.4 is 10.9 Å². The standard InChI is InChI=1S/C12H12ClN3O3/c1-6(12(18)19)14-5-10-15-9-3-2-7(13)4-8(9)11(17)16-10/h2-4,6,14H,5H2,1H3,(H,18,19)(H,15,16,17)/t6-/m0/s1. The van der Waals surface area contributed by atoms with Gasteiger partial charge >= 0.3 is 5.97 Å². The summed E-state index contributed by atoms with van der Waals surface area (Å²) in [6, 6.07) is 4.12. The van der Waals surface area contributed by atoms with E-state index in [4.69, 9.17) is 16.7 Å². The largest absolute Gasteiger partial charge is 0.480 e. The van der Waals surface area contributed by atoms with Gasteiger partial charge in [0, 0.05) is 5.02 Å². The van der Waals surface area contributed by atoms with Gasteiger partial charge in [-0.1, -0.05) is 11.6 Å². The molecule has 0 spiro atoms. The van der Waals surface area contributed by atoms with Gasteiger partial charge in [-0.05, 0) is 25.1 Å². The SMILES string of the molecule is C[C@H](NCc1nc2ccc(Cl)cc2c(=O)[nH]1)C(=O)O. The molecule has 1 heterocycles. The maximum Gasteiger partial charge on any atom is 0.320 e. The van der Waals surface area contributed by atoms with Gasteiger partial charge in [0.2, 0.25) is 0 Å². The molecular formula is C12H12ClN3O3. The highest BCUT2D eigenvalue weighted by atomic mass is 35.5. The quantitative estimate of drug-likeness (QED) is 0.781. The van der Waals surface area contributed by atoms with Gasteiger partial charge in [0.1, 0.15) is 11.9 Å². The van der Waals surface area contributed by atoms with Crippen LogP contribution in [0.3, 0.4) is 0 Å². The van der Waals surface area contributed by atoms with Crippen molar-refractivity contribution in [1.82, 2.24) is 15.3 Å². The minimum atomic E-state index is -0.963. The first-order valence-electron chi connectivity index (χ1n) is 5.62. The molecule has 1 aromatic heterocycles. The Bertz CT molecular complexity index is 683. The number of aliphatic carboxylic acids is 1. The summed E-state index contributed by atoms with van der Waals surface area (Å²) in [6.07, 6.45) is 0. The van der Waals surface area contributed by atoms with Crippen molar-refractivity contribution in [3.05, 3.63) is 39.4 Å². The molecule has 0 unspecified atom stereocenters. The Kier molecular flexibility index (Phi) is 3.82. The lowest BCUT2D eigenvalue weighted by atomic mass is 10.2. The minimum absolute atomic E-state index is 0.168. The van der Waals surface area contributed by atoms with Crippen molar-refractivity contribution in [2.75, 3.05) is 0 Å². The van der Waals surface area contributed by atoms with E-state index in [2.05, 4.69) is 15.3 Å². The second-order valence-electron chi connectivity index (χ2n) is 4.11. The second kappa shape index (κ2) is 5.38. The van der Waals surface area contributed by atoms with Crippen molar-refractivity contribution in [3.63, 3.8) is 0 Å². The van der Waals surface area contributed by atoms with Crippen LogP contribution in [0.4, 0.5) is 0 Å². The summed E-state index contributed by atoms with van der Waals surface area (Å²) >= 11 is 5.81. The Hall–Kier alpha value is -1.92. The fraction of sp³-hybridized carbons (Fsp3) is 0.250. The van der Waals surface area contributed by atoms with Crippen LogP contribution in [-0.2, 0) is 11.3 Å². The Morgan fingerprint density at radius 2 is 2.32 bits per heavy atom. The lowest BCUT2D eigenvalue weighted by molar-refractivity contribution is -0.139. The average molecular weight is 282 g/mol. The van der Waals surface area contributed by atoms with Crippen LogP contribution in [0, 0.1) is 0 Å². The van der Waals surface area contributed by atoms with E-state index < -0.39 is 12.0 Å². The van der Waals surface area contributed by atoms with Crippen molar-refractivity contribution >= 4 is 28.5 Å². The second-order valence-corrected chi connectivity index (χ2v) is 4.55. The highest BCUT2D eigenvalue weighted by molar-refractivity contribution is 6.31. The van der Waals surface area contributed by atoms with Gasteiger partial charge in [0.25, 0.3) is 5.56 Å². The van der Waals surface area contributed by atoms with Gasteiger partial charge in [-0.25, -0.2) is 4.98 Å². The van der Waals surface area contributed by atoms with Crippen molar-refractivity contribution in [2.45, 2.75) is 19.5 Å². The first-order valence-corrected chi connectivity index (χ1v) is 6.00. The van der Waals surface area contributed by atoms with Gasteiger partial charge in [0.15, 0.2) is 0 Å². The van der Waals surface area contributed by atoms with Crippen molar-refractivity contribution in [1.29, 1.82) is 0 Å². The Morgan fingerprint density at radius 3 is 3.00 bits per heavy atom. The van der Waals surface area contributed by atoms with Gasteiger partial charge in [-0.3, -0.25) is 14.9 Å². The lowest BCUT2D eigenvalue weighted by Gasteiger charge is -2.08. The molecule has 3 N–H and O–H groups in total. The molecule has 0 fully saturated rings. The number of carbonyl (C=O) groups is 1. The molecule has 0 bridgehead atoms. The third-order valence-corrected chi connectivity index (χ3v) is 2.90. The molecule has 2 rings (SSSR count). The van der Waals surface area contributed by atoms with Crippen LogP contribution in [0.5, 0.6) is 0 Å². The fourth-order valence-electron chi connectivity index (χ4n) is 1.58. The molecule has 2 aromatic rings. The van der Waals surface area contributed by atoms with Crippen molar-refractivity contribution < 1.29 is 9.90 Å². The van der Waals surface area contributed by atoms with Crippen LogP contribution in [0.25, 0.3) is 10.9 Å². The maximum atomic E-state index is 11.8. The average Bonchev–Trinajstić information content (AvgIpc) is 2.36. The molecule has 0 saturated carbocycles. The van der Waals surface area contributed by atoms with E-state index >= 15 is 0 Å². The molecule has 1 atom stereocenters. The van der Waals surface area contributed by atoms with Crippen LogP contribution in [0.15, 0.2) is 23.0 Å². The van der Waals surface area contributed by atoms with E-state index in [1.54, 1.807) is 18.2 Å². The highest BCUT2D eigenvalue weighted by Gasteiger charge is 2.11. The Morgan fingerprint density at radius 1 is 1.58 bits per heavy atom. The number of H-pyrrole nitrogens is 1. The summed E-state index contributed by atoms with van der Waals surface area (Å²) in [4.78, 5) is 29.3. The van der Waals surface area contributed by atoms with E-state index in [9.17, 15) is 9.59 Å². The molecular weight excluding hydrogens is 270 g/mol. The number of rotatable bonds is 4. The summed E-state index contributed by atoms with van der Waals surface area (Å²) in [5.41, 5.74) is 0.222. The zero-order valence-electron chi connectivity index (χ0n) is 10.1. The number of halogens is 1. The van der Waals surface area contributed by atoms with Crippen LogP contribution >= 0.6 is 11.6 Å². The monoisotopic (exact) mass is 281 g/mol. The molecule has 7 heteroatoms. The summed E-state index contributed by atoms with van der Waals surface area (Å²) in [7, 11) is 0. The number of carboxylic acid groups (broad SMARTS) is 1. The van der Waals surface area contributed by atoms with E-state index in [0.717, 1.165) is 0 Å². The highest BCUT2D eigenvalue weighted by Crippen LogP contribution is 2.14. The third kappa shape index (κ3) is 3.10. The summed E-state index contributed by atoms with van der Waals surface area (Å²) in [5, 5.41) is 12.4. The topological polar surface area (TPSA) is 95.1 Å². The predicted molar refractivity (Wildman–Crippen MR) is 71.3 cm³/mol. The number of nitrogens with one attached hydrogen (secondary N) is 2. The lowest BCUT2D eigenvalue weighted by Crippen LogP contribution is -2.34. The first kappa shape index (κ1) is 13.5. The van der Waals surface area contributed by atoms with Gasteiger partial charge in [-0.15, -0.1) is 0 Å². The molecule has 1 aromatic carbocycles. The van der Waals surface area contributed by atoms with Crippen LogP contribution in [-0.4, -0.2) is 27.1 Å². The first-order chi connectivity index (χ1) is 8.97. The molecule has 0 aliphatic carbocycles. The third-order valence-electron chi connectivity index (χ3n) is 2.66. The van der Waals surface area contributed by atoms with E-state index in [-0.39, 0.29) is 12.1 Å². The molecule has 6 nitrogen and oxygen atoms in total. The zero-order chi connectivity index (χ0) is 14.0. The summed E-state index contributed by atoms with van der Waals surface area (Å²) < 4.78 is 0. The number of benzene rings is 1. The molecule has 0 saturated heterocycles. The maximum absolute atomic E-state index is 11.8. The van der Waals surface area contributed by atoms with Crippen LogP contribution in [0.2, 0.25) is 5.02 Å². The van der Waals surface area contributed by atoms with Crippen molar-refractivity contribution in [2.24, 2.45) is 0 Å². The van der Waals surface area contributed by atoms with Gasteiger partial charge < -0.3 is 10.1 Å². The number of aromatic nitrogens is 2. The number of carboxylic acids is 1. The van der Waals surface area contributed by atoms with E-state index in [0.29, 0.717) is 21.7 Å². The molecule has 0 radical (unpaired) electrons. The van der Waals surface area contributed by atoms with Crippen LogP contribution in [0.1, 0.15) is 12.7 Å². The number of fused-ring (bicyclic) bond motifs is 1. The molecule has 0 aliphatic heterocycles. The zero-order valence-corrected chi connectivity index (χ0v) is 10.9.